The van der Waals surface area contributed by atoms with Gasteiger partial charge in [-0.15, -0.1) is 11.3 Å². The fourth-order valence-electron chi connectivity index (χ4n) is 4.77. The second-order valence-electron chi connectivity index (χ2n) is 7.76. The summed E-state index contributed by atoms with van der Waals surface area (Å²) in [6, 6.07) is 9.46. The van der Waals surface area contributed by atoms with Gasteiger partial charge in [0.15, 0.2) is 0 Å². The van der Waals surface area contributed by atoms with Crippen LogP contribution in [0.15, 0.2) is 42.5 Å². The maximum atomic E-state index is 13.2. The highest BCUT2D eigenvalue weighted by molar-refractivity contribution is 7.17. The highest BCUT2D eigenvalue weighted by Crippen LogP contribution is 2.46. The first kappa shape index (κ1) is 20.3. The van der Waals surface area contributed by atoms with Crippen molar-refractivity contribution in [3.8, 4) is 11.1 Å². The number of nitrogens with one attached hydrogen (secondary N) is 1. The number of aliphatic carboxylic acids is 1. The Hall–Kier alpha value is -2.93. The number of thiophene rings is 1. The van der Waals surface area contributed by atoms with E-state index in [9.17, 15) is 19.5 Å². The molecule has 0 aliphatic heterocycles. The zero-order valence-corrected chi connectivity index (χ0v) is 17.6. The summed E-state index contributed by atoms with van der Waals surface area (Å²) in [4.78, 5) is 38.6. The number of aryl methyl sites for hydroxylation is 1. The van der Waals surface area contributed by atoms with Crippen molar-refractivity contribution in [1.29, 1.82) is 0 Å². The maximum Gasteiger partial charge on any atom is 0.341 e. The number of carbonyl (C=O) groups is 3. The fourth-order valence-corrected chi connectivity index (χ4v) is 5.83. The number of carboxylic acid groups (broad SMARTS) is 1. The Morgan fingerprint density at radius 3 is 2.27 bits per heavy atom. The van der Waals surface area contributed by atoms with E-state index < -0.39 is 23.8 Å². The van der Waals surface area contributed by atoms with Crippen LogP contribution in [-0.2, 0) is 14.3 Å². The van der Waals surface area contributed by atoms with Gasteiger partial charge < -0.3 is 15.2 Å². The van der Waals surface area contributed by atoms with Gasteiger partial charge in [-0.3, -0.25) is 9.59 Å². The van der Waals surface area contributed by atoms with Gasteiger partial charge in [0.25, 0.3) is 0 Å². The van der Waals surface area contributed by atoms with Gasteiger partial charge in [0, 0.05) is 10.4 Å². The molecule has 2 bridgehead atoms. The monoisotopic (exact) mass is 425 g/mol. The van der Waals surface area contributed by atoms with Gasteiger partial charge in [-0.1, -0.05) is 42.5 Å². The van der Waals surface area contributed by atoms with Crippen LogP contribution in [0.5, 0.6) is 0 Å². The highest BCUT2D eigenvalue weighted by Gasteiger charge is 2.48. The summed E-state index contributed by atoms with van der Waals surface area (Å²) < 4.78 is 5.00. The molecule has 1 aromatic carbocycles. The Labute approximate surface area is 178 Å². The number of carboxylic acids is 1. The number of ether oxygens (including phenoxy) is 1. The molecule has 4 atom stereocenters. The quantitative estimate of drug-likeness (QED) is 0.548. The Bertz CT molecular complexity index is 1030. The zero-order chi connectivity index (χ0) is 21.4. The Morgan fingerprint density at radius 2 is 1.70 bits per heavy atom. The first-order valence-electron chi connectivity index (χ1n) is 9.91. The summed E-state index contributed by atoms with van der Waals surface area (Å²) in [5.41, 5.74) is 1.89. The van der Waals surface area contributed by atoms with Crippen molar-refractivity contribution < 1.29 is 24.2 Å². The first-order chi connectivity index (χ1) is 14.4. The molecule has 156 valence electrons. The van der Waals surface area contributed by atoms with Gasteiger partial charge in [0.2, 0.25) is 5.91 Å². The molecule has 0 saturated heterocycles. The Morgan fingerprint density at radius 1 is 1.07 bits per heavy atom. The molecule has 0 spiro atoms. The lowest BCUT2D eigenvalue weighted by molar-refractivity contribution is -0.151. The number of rotatable bonds is 5. The normalized spacial score (nSPS) is 24.5. The number of esters is 1. The largest absolute Gasteiger partial charge is 0.481 e. The molecule has 2 N–H and O–H groups in total. The number of hydrogen-bond donors (Lipinski definition) is 2. The molecule has 1 saturated carbocycles. The second-order valence-corrected chi connectivity index (χ2v) is 8.99. The molecule has 1 amide bonds. The average Bonchev–Trinajstić information content (AvgIpc) is 3.09. The van der Waals surface area contributed by atoms with Gasteiger partial charge in [-0.2, -0.15) is 0 Å². The number of amides is 1. The van der Waals surface area contributed by atoms with Crippen LogP contribution < -0.4 is 5.32 Å². The van der Waals surface area contributed by atoms with Crippen molar-refractivity contribution in [3.63, 3.8) is 0 Å². The number of fused-ring (bicyclic) bond motifs is 2. The number of carbonyl (C=O) groups excluding carboxylic acids is 2. The molecule has 4 unspecified atom stereocenters. The van der Waals surface area contributed by atoms with Crippen molar-refractivity contribution in [1.82, 2.24) is 0 Å². The van der Waals surface area contributed by atoms with E-state index >= 15 is 0 Å². The third kappa shape index (κ3) is 3.43. The predicted octanol–water partition coefficient (Wildman–Crippen LogP) is 4.36. The second kappa shape index (κ2) is 8.07. The van der Waals surface area contributed by atoms with E-state index in [1.54, 1.807) is 0 Å². The van der Waals surface area contributed by atoms with Crippen LogP contribution in [0.1, 0.15) is 28.1 Å². The van der Waals surface area contributed by atoms with Crippen molar-refractivity contribution in [2.75, 3.05) is 12.4 Å². The van der Waals surface area contributed by atoms with Crippen LogP contribution >= 0.6 is 11.3 Å². The lowest BCUT2D eigenvalue weighted by Gasteiger charge is -2.41. The Kier molecular flexibility index (Phi) is 5.47. The molecule has 1 aromatic heterocycles. The van der Waals surface area contributed by atoms with Gasteiger partial charge in [-0.05, 0) is 37.2 Å². The van der Waals surface area contributed by atoms with Gasteiger partial charge >= 0.3 is 11.9 Å². The van der Waals surface area contributed by atoms with Gasteiger partial charge in [0.05, 0.1) is 18.9 Å². The Balaban J connectivity index is 1.71. The third-order valence-corrected chi connectivity index (χ3v) is 7.13. The first-order valence-corrected chi connectivity index (χ1v) is 10.7. The van der Waals surface area contributed by atoms with Gasteiger partial charge in [0.1, 0.15) is 10.6 Å². The fraction of sp³-hybridized carbons (Fsp3) is 0.348. The summed E-state index contributed by atoms with van der Waals surface area (Å²) in [6.45, 7) is 1.89. The number of methoxy groups -OCH3 is 1. The van der Waals surface area contributed by atoms with Crippen LogP contribution in [-0.4, -0.2) is 30.1 Å². The SMILES string of the molecule is COC(=O)c1c(NC(=O)C2C3C=CC(CC3)C2C(=O)O)sc(C)c1-c1ccccc1. The molecule has 7 heteroatoms. The van der Waals surface area contributed by atoms with E-state index in [2.05, 4.69) is 5.32 Å². The molecule has 3 aliphatic carbocycles. The number of allylic oxidation sites excluding steroid dienone is 2. The molecule has 5 rings (SSSR count). The molecule has 3 aliphatic rings. The van der Waals surface area contributed by atoms with Crippen LogP contribution in [0.25, 0.3) is 11.1 Å². The lowest BCUT2D eigenvalue weighted by atomic mass is 9.62. The van der Waals surface area contributed by atoms with Crippen LogP contribution in [0.4, 0.5) is 5.00 Å². The third-order valence-electron chi connectivity index (χ3n) is 6.11. The molecule has 0 radical (unpaired) electrons. The minimum absolute atomic E-state index is 0.104. The molecule has 6 nitrogen and oxygen atoms in total. The van der Waals surface area contributed by atoms with E-state index in [1.165, 1.54) is 18.4 Å². The zero-order valence-electron chi connectivity index (χ0n) is 16.8. The van der Waals surface area contributed by atoms with E-state index in [0.717, 1.165) is 28.8 Å². The van der Waals surface area contributed by atoms with Crippen LogP contribution in [0, 0.1) is 30.6 Å². The molecular weight excluding hydrogens is 402 g/mol. The van der Waals surface area contributed by atoms with Gasteiger partial charge in [-0.25, -0.2) is 4.79 Å². The minimum atomic E-state index is -0.949. The maximum absolute atomic E-state index is 13.2. The van der Waals surface area contributed by atoms with E-state index in [1.807, 2.05) is 49.4 Å². The lowest BCUT2D eigenvalue weighted by Crippen LogP contribution is -2.47. The number of anilines is 1. The average molecular weight is 426 g/mol. The van der Waals surface area contributed by atoms with Crippen molar-refractivity contribution in [3.05, 3.63) is 52.9 Å². The minimum Gasteiger partial charge on any atom is -0.481 e. The van der Waals surface area contributed by atoms with Crippen molar-refractivity contribution >= 4 is 34.2 Å². The molecule has 30 heavy (non-hydrogen) atoms. The summed E-state index contributed by atoms with van der Waals surface area (Å²) in [5.74, 6) is -3.47. The summed E-state index contributed by atoms with van der Waals surface area (Å²) in [5, 5.41) is 13.0. The standard InChI is InChI=1S/C23H23NO5S/c1-12-16(13-6-4-3-5-7-13)19(23(28)29-2)21(30-12)24-20(25)17-14-8-10-15(11-9-14)18(17)22(26)27/h3-8,10,14-15,17-18H,9,11H2,1-2H3,(H,24,25)(H,26,27). The summed E-state index contributed by atoms with van der Waals surface area (Å²) >= 11 is 1.30. The highest BCUT2D eigenvalue weighted by atomic mass is 32.1. The number of hydrogen-bond acceptors (Lipinski definition) is 5. The summed E-state index contributed by atoms with van der Waals surface area (Å²) in [7, 11) is 1.31. The summed E-state index contributed by atoms with van der Waals surface area (Å²) in [6.07, 6.45) is 5.48. The van der Waals surface area contributed by atoms with Crippen LogP contribution in [0.3, 0.4) is 0 Å². The van der Waals surface area contributed by atoms with Crippen LogP contribution in [0.2, 0.25) is 0 Å². The molecule has 1 fully saturated rings. The molecule has 1 heterocycles. The van der Waals surface area contributed by atoms with Crippen molar-refractivity contribution in [2.24, 2.45) is 23.7 Å². The topological polar surface area (TPSA) is 92.7 Å². The smallest absolute Gasteiger partial charge is 0.341 e. The molecular formula is C23H23NO5S. The van der Waals surface area contributed by atoms with E-state index in [4.69, 9.17) is 4.74 Å². The predicted molar refractivity (Wildman–Crippen MR) is 114 cm³/mol. The van der Waals surface area contributed by atoms with Crippen molar-refractivity contribution in [2.45, 2.75) is 19.8 Å². The van der Waals surface area contributed by atoms with E-state index in [0.29, 0.717) is 10.6 Å². The number of benzene rings is 1. The van der Waals surface area contributed by atoms with E-state index in [-0.39, 0.29) is 17.7 Å². The molecule has 2 aromatic rings.